The van der Waals surface area contributed by atoms with E-state index in [0.717, 1.165) is 108 Å². The number of esters is 4. The number of rotatable bonds is 69. The fourth-order valence-electron chi connectivity index (χ4n) is 10.7. The number of phosphoric ester groups is 2. The first kappa shape index (κ1) is 88.1. The van der Waals surface area contributed by atoms with Crippen LogP contribution in [0.25, 0.3) is 0 Å². The van der Waals surface area contributed by atoms with Crippen LogP contribution in [0.5, 0.6) is 0 Å². The Hall–Kier alpha value is -1.94. The number of hydrogen-bond donors (Lipinski definition) is 3. The van der Waals surface area contributed by atoms with E-state index >= 15 is 0 Å². The third kappa shape index (κ3) is 63.5. The van der Waals surface area contributed by atoms with Crippen LogP contribution >= 0.6 is 15.6 Å². The predicted molar refractivity (Wildman–Crippen MR) is 363 cm³/mol. The smallest absolute Gasteiger partial charge is 0.462 e. The molecule has 0 fully saturated rings. The van der Waals surface area contributed by atoms with Crippen LogP contribution in [0.2, 0.25) is 0 Å². The molecule has 0 aromatic rings. The Bertz CT molecular complexity index is 1770. The number of carbonyl (C=O) groups is 4. The lowest BCUT2D eigenvalue weighted by Crippen LogP contribution is -2.30. The van der Waals surface area contributed by atoms with Crippen LogP contribution in [0.1, 0.15) is 357 Å². The summed E-state index contributed by atoms with van der Waals surface area (Å²) in [4.78, 5) is 72.6. The summed E-state index contributed by atoms with van der Waals surface area (Å²) in [6.07, 6.45) is 45.6. The molecule has 0 saturated carbocycles. The summed E-state index contributed by atoms with van der Waals surface area (Å²) in [6.45, 7) is 11.8. The van der Waals surface area contributed by atoms with E-state index in [1.807, 2.05) is 0 Å². The Balaban J connectivity index is 5.27. The molecule has 17 nitrogen and oxygen atoms in total. The van der Waals surface area contributed by atoms with E-state index in [2.05, 4.69) is 48.5 Å². The van der Waals surface area contributed by atoms with E-state index in [9.17, 15) is 43.2 Å². The normalized spacial score (nSPS) is 14.5. The van der Waals surface area contributed by atoms with Gasteiger partial charge in [0.2, 0.25) is 0 Å². The van der Waals surface area contributed by atoms with Gasteiger partial charge in [-0.05, 0) is 43.4 Å². The molecule has 534 valence electrons. The number of unbranched alkanes of at least 4 members (excludes halogenated alkanes) is 36. The van der Waals surface area contributed by atoms with Crippen LogP contribution in [0.3, 0.4) is 0 Å². The second-order valence-corrected chi connectivity index (χ2v) is 29.7. The first-order chi connectivity index (χ1) is 43.3. The average molecular weight is 1330 g/mol. The molecule has 0 bridgehead atoms. The molecule has 0 amide bonds. The van der Waals surface area contributed by atoms with Crippen LogP contribution in [0, 0.1) is 17.8 Å². The lowest BCUT2D eigenvalue weighted by molar-refractivity contribution is -0.161. The highest BCUT2D eigenvalue weighted by Gasteiger charge is 2.30. The second kappa shape index (κ2) is 61.9. The zero-order chi connectivity index (χ0) is 66.6. The fourth-order valence-corrected chi connectivity index (χ4v) is 12.3. The Kier molecular flexibility index (Phi) is 60.6. The molecule has 0 aliphatic heterocycles. The molecule has 6 atom stereocenters. The number of ether oxygens (including phenoxy) is 4. The third-order valence-corrected chi connectivity index (χ3v) is 18.6. The molecule has 19 heteroatoms. The quantitative estimate of drug-likeness (QED) is 0.0222. The van der Waals surface area contributed by atoms with E-state index < -0.39 is 97.5 Å². The standard InChI is InChI=1S/C71H138O17P2/c1-8-10-11-12-13-14-15-16-24-31-38-45-52-68(73)81-58-67(88-71(76)55-48-41-34-27-20-22-29-36-43-50-63(5)6)61-86-90(79,80)84-57-65(72)56-83-89(77,78)85-60-66(59-82-69(74)53-46-39-32-26-19-21-28-35-42-49-62(3)4)87-70(75)54-47-40-33-25-18-17-23-30-37-44-51-64(7)9-2/h62-67,72H,8-61H2,1-7H3,(H,77,78)(H,79,80)/t64?,65-,66-,67-/m1/s1. The molecule has 0 saturated heterocycles. The molecule has 90 heavy (non-hydrogen) atoms. The molecule has 3 N–H and O–H groups in total. The van der Waals surface area contributed by atoms with Crippen molar-refractivity contribution in [3.63, 3.8) is 0 Å². The first-order valence-electron chi connectivity index (χ1n) is 36.9. The summed E-state index contributed by atoms with van der Waals surface area (Å²) >= 11 is 0. The summed E-state index contributed by atoms with van der Waals surface area (Å²) in [7, 11) is -9.90. The van der Waals surface area contributed by atoms with Crippen molar-refractivity contribution in [1.82, 2.24) is 0 Å². The summed E-state index contributed by atoms with van der Waals surface area (Å²) in [5, 5.41) is 10.6. The Morgan fingerprint density at radius 1 is 0.322 bits per heavy atom. The molecule has 0 radical (unpaired) electrons. The van der Waals surface area contributed by atoms with E-state index in [0.29, 0.717) is 25.7 Å². The molecular weight excluding hydrogens is 1190 g/mol. The van der Waals surface area contributed by atoms with Crippen molar-refractivity contribution in [2.45, 2.75) is 375 Å². The Morgan fingerprint density at radius 3 is 0.844 bits per heavy atom. The van der Waals surface area contributed by atoms with Crippen LogP contribution in [0.4, 0.5) is 0 Å². The molecule has 0 heterocycles. The minimum Gasteiger partial charge on any atom is -0.462 e. The van der Waals surface area contributed by atoms with E-state index in [1.165, 1.54) is 167 Å². The molecule has 3 unspecified atom stereocenters. The van der Waals surface area contributed by atoms with Crippen molar-refractivity contribution in [1.29, 1.82) is 0 Å². The van der Waals surface area contributed by atoms with Gasteiger partial charge in [-0.2, -0.15) is 0 Å². The van der Waals surface area contributed by atoms with Crippen molar-refractivity contribution < 1.29 is 80.2 Å². The van der Waals surface area contributed by atoms with Crippen molar-refractivity contribution in [2.75, 3.05) is 39.6 Å². The van der Waals surface area contributed by atoms with Crippen LogP contribution in [0.15, 0.2) is 0 Å². The highest BCUT2D eigenvalue weighted by molar-refractivity contribution is 7.47. The van der Waals surface area contributed by atoms with Crippen LogP contribution < -0.4 is 0 Å². The maximum absolute atomic E-state index is 13.0. The lowest BCUT2D eigenvalue weighted by Gasteiger charge is -2.21. The number of phosphoric acid groups is 2. The van der Waals surface area contributed by atoms with Crippen molar-refractivity contribution in [3.8, 4) is 0 Å². The largest absolute Gasteiger partial charge is 0.472 e. The van der Waals surface area contributed by atoms with E-state index in [1.54, 1.807) is 0 Å². The monoisotopic (exact) mass is 1320 g/mol. The van der Waals surface area contributed by atoms with E-state index in [-0.39, 0.29) is 25.7 Å². The van der Waals surface area contributed by atoms with Crippen molar-refractivity contribution >= 4 is 39.5 Å². The minimum atomic E-state index is -4.95. The SMILES string of the molecule is CCCCCCCCCCCCCCC(=O)OC[C@H](COP(=O)(O)OC[C@H](O)COP(=O)(O)OC[C@@H](COC(=O)CCCCCCCCCCCC(C)C)OC(=O)CCCCCCCCCCCCC(C)CC)OC(=O)CCCCCCCCCCCC(C)C. The topological polar surface area (TPSA) is 237 Å². The highest BCUT2D eigenvalue weighted by Crippen LogP contribution is 2.45. The van der Waals surface area contributed by atoms with Gasteiger partial charge in [0.15, 0.2) is 12.2 Å². The molecule has 0 aliphatic carbocycles. The average Bonchev–Trinajstić information content (AvgIpc) is 2.96. The zero-order valence-corrected chi connectivity index (χ0v) is 60.4. The van der Waals surface area contributed by atoms with Gasteiger partial charge in [0, 0.05) is 25.7 Å². The van der Waals surface area contributed by atoms with Gasteiger partial charge in [-0.1, -0.05) is 305 Å². The van der Waals surface area contributed by atoms with Gasteiger partial charge in [-0.25, -0.2) is 9.13 Å². The molecule has 0 rings (SSSR count). The molecule has 0 aliphatic rings. The number of aliphatic hydroxyl groups is 1. The van der Waals surface area contributed by atoms with Gasteiger partial charge in [0.1, 0.15) is 19.3 Å². The molecular formula is C71H138O17P2. The number of aliphatic hydroxyl groups excluding tert-OH is 1. The predicted octanol–water partition coefficient (Wildman–Crippen LogP) is 20.2. The maximum Gasteiger partial charge on any atom is 0.472 e. The summed E-state index contributed by atoms with van der Waals surface area (Å²) < 4.78 is 68.3. The second-order valence-electron chi connectivity index (χ2n) is 26.8. The Morgan fingerprint density at radius 2 is 0.567 bits per heavy atom. The molecule has 0 spiro atoms. The summed E-state index contributed by atoms with van der Waals surface area (Å²) in [6, 6.07) is 0. The van der Waals surface area contributed by atoms with Gasteiger partial charge >= 0.3 is 39.5 Å². The molecule has 0 aromatic heterocycles. The van der Waals surface area contributed by atoms with Gasteiger partial charge in [-0.15, -0.1) is 0 Å². The number of carbonyl (C=O) groups excluding carboxylic acids is 4. The minimum absolute atomic E-state index is 0.105. The summed E-state index contributed by atoms with van der Waals surface area (Å²) in [5.41, 5.74) is 0. The first-order valence-corrected chi connectivity index (χ1v) is 39.9. The fraction of sp³-hybridized carbons (Fsp3) is 0.944. The van der Waals surface area contributed by atoms with Crippen molar-refractivity contribution in [2.24, 2.45) is 17.8 Å². The van der Waals surface area contributed by atoms with Gasteiger partial charge < -0.3 is 33.8 Å². The molecule has 0 aromatic carbocycles. The van der Waals surface area contributed by atoms with Gasteiger partial charge in [0.25, 0.3) is 0 Å². The van der Waals surface area contributed by atoms with Crippen LogP contribution in [-0.4, -0.2) is 96.7 Å². The summed E-state index contributed by atoms with van der Waals surface area (Å²) in [5.74, 6) is 0.159. The van der Waals surface area contributed by atoms with E-state index in [4.69, 9.17) is 37.0 Å². The van der Waals surface area contributed by atoms with Crippen molar-refractivity contribution in [3.05, 3.63) is 0 Å². The zero-order valence-electron chi connectivity index (χ0n) is 58.6. The van der Waals surface area contributed by atoms with Gasteiger partial charge in [-0.3, -0.25) is 37.3 Å². The Labute approximate surface area is 549 Å². The highest BCUT2D eigenvalue weighted by atomic mass is 31.2. The maximum atomic E-state index is 13.0. The van der Waals surface area contributed by atoms with Crippen LogP contribution in [-0.2, 0) is 65.4 Å². The third-order valence-electron chi connectivity index (χ3n) is 16.7. The number of hydrogen-bond acceptors (Lipinski definition) is 15. The lowest BCUT2D eigenvalue weighted by atomic mass is 9.99. The van der Waals surface area contributed by atoms with Gasteiger partial charge in [0.05, 0.1) is 26.4 Å².